The summed E-state index contributed by atoms with van der Waals surface area (Å²) in [6.45, 7) is 0. The average Bonchev–Trinajstić information content (AvgIpc) is 2.77. The summed E-state index contributed by atoms with van der Waals surface area (Å²) in [5, 5.41) is 0. The van der Waals surface area contributed by atoms with Gasteiger partial charge in [0.25, 0.3) is 10.0 Å². The van der Waals surface area contributed by atoms with E-state index in [4.69, 9.17) is 18.9 Å². The molecule has 8 nitrogen and oxygen atoms in total. The largest absolute Gasteiger partial charge is 0.496 e. The van der Waals surface area contributed by atoms with Gasteiger partial charge < -0.3 is 23.8 Å². The van der Waals surface area contributed by atoms with E-state index in [-0.39, 0.29) is 16.4 Å². The molecule has 2 aromatic rings. The highest BCUT2D eigenvalue weighted by Gasteiger charge is 2.28. The number of nitrogens with zero attached hydrogens (tertiary/aromatic N) is 1. The van der Waals surface area contributed by atoms with Gasteiger partial charge in [0, 0.05) is 23.7 Å². The van der Waals surface area contributed by atoms with Crippen molar-refractivity contribution < 1.29 is 27.4 Å². The molecule has 3 rings (SSSR count). The van der Waals surface area contributed by atoms with E-state index in [1.807, 2.05) is 6.07 Å². The number of benzene rings is 2. The predicted molar refractivity (Wildman–Crippen MR) is 119 cm³/mol. The van der Waals surface area contributed by atoms with Crippen LogP contribution in [0.15, 0.2) is 29.2 Å². The van der Waals surface area contributed by atoms with Crippen LogP contribution in [0.3, 0.4) is 0 Å². The number of likely N-dealkylation sites (N-methyl/N-ethyl adjacent to an activating group) is 1. The predicted octanol–water partition coefficient (Wildman–Crippen LogP) is 2.94. The molecule has 0 aromatic heterocycles. The van der Waals surface area contributed by atoms with Crippen LogP contribution in [-0.2, 0) is 22.9 Å². The molecule has 0 unspecified atom stereocenters. The van der Waals surface area contributed by atoms with Gasteiger partial charge in [-0.3, -0.25) is 4.72 Å². The lowest BCUT2D eigenvalue weighted by atomic mass is 9.86. The van der Waals surface area contributed by atoms with Crippen LogP contribution in [0.1, 0.15) is 17.5 Å². The first-order chi connectivity index (χ1) is 14.7. The van der Waals surface area contributed by atoms with Crippen LogP contribution in [0.4, 0.5) is 5.69 Å². The first-order valence-electron chi connectivity index (χ1n) is 9.93. The zero-order valence-corrected chi connectivity index (χ0v) is 19.6. The van der Waals surface area contributed by atoms with Crippen LogP contribution < -0.4 is 23.7 Å². The molecule has 0 spiro atoms. The highest BCUT2D eigenvalue weighted by Crippen LogP contribution is 2.41. The second kappa shape index (κ2) is 9.23. The van der Waals surface area contributed by atoms with Crippen molar-refractivity contribution >= 4 is 15.7 Å². The number of nitrogens with one attached hydrogen (secondary N) is 1. The number of hydrogen-bond donors (Lipinski definition) is 1. The number of hydrogen-bond acceptors (Lipinski definition) is 7. The van der Waals surface area contributed by atoms with Crippen LogP contribution >= 0.6 is 0 Å². The Morgan fingerprint density at radius 1 is 0.903 bits per heavy atom. The Morgan fingerprint density at radius 2 is 1.52 bits per heavy atom. The lowest BCUT2D eigenvalue weighted by Gasteiger charge is -2.32. The minimum atomic E-state index is -3.90. The fourth-order valence-electron chi connectivity index (χ4n) is 3.97. The van der Waals surface area contributed by atoms with Gasteiger partial charge in [0.1, 0.15) is 5.75 Å². The minimum absolute atomic E-state index is 0.0218. The molecule has 0 fully saturated rings. The number of rotatable bonds is 8. The van der Waals surface area contributed by atoms with Crippen LogP contribution in [0.25, 0.3) is 0 Å². The summed E-state index contributed by atoms with van der Waals surface area (Å²) in [4.78, 5) is 2.21. The van der Waals surface area contributed by atoms with Gasteiger partial charge in [0.05, 0.1) is 39.0 Å². The monoisotopic (exact) mass is 450 g/mol. The van der Waals surface area contributed by atoms with Gasteiger partial charge in [0.2, 0.25) is 5.75 Å². The third kappa shape index (κ3) is 4.52. The van der Waals surface area contributed by atoms with Crippen molar-refractivity contribution in [3.05, 3.63) is 35.4 Å². The molecule has 0 saturated carbocycles. The summed E-state index contributed by atoms with van der Waals surface area (Å²) in [6, 6.07) is 6.78. The molecule has 0 amide bonds. The van der Waals surface area contributed by atoms with Crippen molar-refractivity contribution in [2.45, 2.75) is 30.2 Å². The summed E-state index contributed by atoms with van der Waals surface area (Å²) < 4.78 is 50.7. The van der Waals surface area contributed by atoms with E-state index in [2.05, 4.69) is 23.7 Å². The molecule has 0 saturated heterocycles. The average molecular weight is 451 g/mol. The number of sulfonamides is 1. The highest BCUT2D eigenvalue weighted by molar-refractivity contribution is 7.92. The molecule has 31 heavy (non-hydrogen) atoms. The van der Waals surface area contributed by atoms with Crippen molar-refractivity contribution in [3.63, 3.8) is 0 Å². The second-order valence-electron chi connectivity index (χ2n) is 7.60. The van der Waals surface area contributed by atoms with Crippen LogP contribution in [-0.4, -0.2) is 61.9 Å². The molecular weight excluding hydrogens is 420 g/mol. The Bertz CT molecular complexity index is 1030. The van der Waals surface area contributed by atoms with E-state index < -0.39 is 10.0 Å². The maximum absolute atomic E-state index is 13.2. The molecule has 0 aliphatic heterocycles. The second-order valence-corrected chi connectivity index (χ2v) is 9.28. The third-order valence-electron chi connectivity index (χ3n) is 5.70. The van der Waals surface area contributed by atoms with Gasteiger partial charge in [-0.1, -0.05) is 0 Å². The molecule has 1 N–H and O–H groups in total. The van der Waals surface area contributed by atoms with Crippen molar-refractivity contribution in [1.29, 1.82) is 0 Å². The normalized spacial score (nSPS) is 15.9. The Hall–Kier alpha value is -2.65. The molecule has 170 valence electrons. The summed E-state index contributed by atoms with van der Waals surface area (Å²) in [5.41, 5.74) is 2.56. The maximum atomic E-state index is 13.2. The van der Waals surface area contributed by atoms with Gasteiger partial charge in [-0.25, -0.2) is 8.42 Å². The Balaban J connectivity index is 2.02. The van der Waals surface area contributed by atoms with Gasteiger partial charge in [-0.15, -0.1) is 0 Å². The Kier molecular flexibility index (Phi) is 6.86. The lowest BCUT2D eigenvalue weighted by Crippen LogP contribution is -2.34. The quantitative estimate of drug-likeness (QED) is 0.662. The van der Waals surface area contributed by atoms with Gasteiger partial charge in [-0.2, -0.15) is 0 Å². The topological polar surface area (TPSA) is 86.3 Å². The first-order valence-corrected chi connectivity index (χ1v) is 11.4. The molecule has 0 bridgehead atoms. The zero-order valence-electron chi connectivity index (χ0n) is 18.8. The molecule has 1 atom stereocenters. The van der Waals surface area contributed by atoms with Crippen molar-refractivity contribution in [2.24, 2.45) is 0 Å². The van der Waals surface area contributed by atoms with E-state index in [0.29, 0.717) is 17.5 Å². The van der Waals surface area contributed by atoms with Gasteiger partial charge in [0.15, 0.2) is 11.5 Å². The highest BCUT2D eigenvalue weighted by atomic mass is 32.2. The number of anilines is 1. The fourth-order valence-corrected chi connectivity index (χ4v) is 5.10. The molecule has 1 aliphatic carbocycles. The third-order valence-corrected chi connectivity index (χ3v) is 7.04. The number of ether oxygens (including phenoxy) is 4. The van der Waals surface area contributed by atoms with Crippen molar-refractivity contribution in [2.75, 3.05) is 47.3 Å². The van der Waals surface area contributed by atoms with Crippen molar-refractivity contribution in [1.82, 2.24) is 4.90 Å². The Labute approximate surface area is 184 Å². The standard InChI is InChI=1S/C22H30N2O6S/c1-24(2)14-7-8-16-17(11-14)19(27-3)10-9-18(16)23-31(25,26)15-12-20(28-4)22(30-6)21(13-15)29-5/h9-10,12-14,23H,7-8,11H2,1-6H3/t14-/m0/s1. The molecular formula is C22H30N2O6S. The first kappa shape index (κ1) is 23.0. The van der Waals surface area contributed by atoms with Crippen molar-refractivity contribution in [3.8, 4) is 23.0 Å². The number of methoxy groups -OCH3 is 4. The molecule has 0 heterocycles. The smallest absolute Gasteiger partial charge is 0.262 e. The van der Waals surface area contributed by atoms with Gasteiger partial charge in [-0.05, 0) is 51.1 Å². The van der Waals surface area contributed by atoms with E-state index in [1.54, 1.807) is 13.2 Å². The molecule has 9 heteroatoms. The van der Waals surface area contributed by atoms with Crippen LogP contribution in [0.5, 0.6) is 23.0 Å². The summed E-state index contributed by atoms with van der Waals surface area (Å²) >= 11 is 0. The molecule has 1 aliphatic rings. The minimum Gasteiger partial charge on any atom is -0.496 e. The van der Waals surface area contributed by atoms with E-state index >= 15 is 0 Å². The fraction of sp³-hybridized carbons (Fsp3) is 0.455. The molecule has 2 aromatic carbocycles. The van der Waals surface area contributed by atoms with E-state index in [1.165, 1.54) is 33.5 Å². The maximum Gasteiger partial charge on any atom is 0.262 e. The Morgan fingerprint density at radius 3 is 2.03 bits per heavy atom. The van der Waals surface area contributed by atoms with E-state index in [9.17, 15) is 8.42 Å². The molecule has 0 radical (unpaired) electrons. The summed E-state index contributed by atoms with van der Waals surface area (Å²) in [6.07, 6.45) is 2.49. The van der Waals surface area contributed by atoms with Crippen LogP contribution in [0, 0.1) is 0 Å². The van der Waals surface area contributed by atoms with Crippen LogP contribution in [0.2, 0.25) is 0 Å². The van der Waals surface area contributed by atoms with E-state index in [0.717, 1.165) is 36.1 Å². The van der Waals surface area contributed by atoms with Gasteiger partial charge >= 0.3 is 0 Å². The number of fused-ring (bicyclic) bond motifs is 1. The SMILES string of the molecule is COc1ccc(NS(=O)(=O)c2cc(OC)c(OC)c(OC)c2)c2c1C[C@@H](N(C)C)CC2. The zero-order chi connectivity index (χ0) is 22.8. The summed E-state index contributed by atoms with van der Waals surface area (Å²) in [7, 11) is 6.20. The lowest BCUT2D eigenvalue weighted by molar-refractivity contribution is 0.265. The summed E-state index contributed by atoms with van der Waals surface area (Å²) in [5.74, 6) is 1.65.